The minimum absolute atomic E-state index is 0.0896. The van der Waals surface area contributed by atoms with Gasteiger partial charge in [0.15, 0.2) is 5.79 Å². The van der Waals surface area contributed by atoms with E-state index in [1.807, 2.05) is 41.3 Å². The van der Waals surface area contributed by atoms with Gasteiger partial charge in [0.05, 0.1) is 31.3 Å². The number of hydrogen-bond acceptors (Lipinski definition) is 6. The summed E-state index contributed by atoms with van der Waals surface area (Å²) in [6.45, 7) is 3.31. The van der Waals surface area contributed by atoms with E-state index in [1.165, 1.54) is 11.8 Å². The van der Waals surface area contributed by atoms with Crippen LogP contribution in [0.1, 0.15) is 18.4 Å². The third-order valence-electron chi connectivity index (χ3n) is 6.90. The fourth-order valence-electron chi connectivity index (χ4n) is 5.33. The van der Waals surface area contributed by atoms with E-state index >= 15 is 0 Å². The Labute approximate surface area is 201 Å². The first-order chi connectivity index (χ1) is 16.0. The lowest BCUT2D eigenvalue weighted by molar-refractivity contribution is -0.185. The molecule has 4 aliphatic rings. The Bertz CT molecular complexity index is 1110. The van der Waals surface area contributed by atoms with Crippen molar-refractivity contribution in [2.45, 2.75) is 23.5 Å². The molecule has 6 rings (SSSR count). The summed E-state index contributed by atoms with van der Waals surface area (Å²) in [5.41, 5.74) is 2.34. The van der Waals surface area contributed by atoms with Crippen molar-refractivity contribution in [2.24, 2.45) is 0 Å². The number of anilines is 2. The highest BCUT2D eigenvalue weighted by Crippen LogP contribution is 2.55. The predicted molar refractivity (Wildman–Crippen MR) is 127 cm³/mol. The maximum absolute atomic E-state index is 14.1. The molecule has 2 aromatic rings. The zero-order valence-electron chi connectivity index (χ0n) is 18.0. The van der Waals surface area contributed by atoms with Gasteiger partial charge in [0, 0.05) is 42.2 Å². The Kier molecular flexibility index (Phi) is 5.19. The van der Waals surface area contributed by atoms with Crippen LogP contribution < -0.4 is 9.80 Å². The minimum atomic E-state index is -1.12. The number of halogens is 1. The highest BCUT2D eigenvalue weighted by atomic mass is 35.5. The number of piperidine rings is 1. The third kappa shape index (κ3) is 3.31. The predicted octanol–water partition coefficient (Wildman–Crippen LogP) is 3.42. The number of likely N-dealkylation sites (tertiary alicyclic amines) is 1. The van der Waals surface area contributed by atoms with Crippen LogP contribution in [0.2, 0.25) is 5.02 Å². The molecule has 33 heavy (non-hydrogen) atoms. The standard InChI is InChI=1S/C24H24ClN3O4S/c25-17-4-3-5-18(14-17)28-21(29)15-33-24(28)19-6-1-2-7-20(19)27(22(24)30)16-26-10-8-23(9-11-26)31-12-13-32-23/h1-7,14H,8-13,15-16H2. The normalized spacial score (nSPS) is 26.7. The molecule has 0 N–H and O–H groups in total. The average molecular weight is 486 g/mol. The molecule has 0 aromatic heterocycles. The Hall–Kier alpha value is -2.10. The molecule has 1 atom stereocenters. The SMILES string of the molecule is O=C1CSC2(C(=O)N(CN3CCC4(CC3)OCCO4)c3ccccc32)N1c1cccc(Cl)c1. The largest absolute Gasteiger partial charge is 0.347 e. The van der Waals surface area contributed by atoms with Crippen LogP contribution in [-0.4, -0.2) is 61.2 Å². The van der Waals surface area contributed by atoms with E-state index < -0.39 is 10.7 Å². The van der Waals surface area contributed by atoms with Gasteiger partial charge in [0.25, 0.3) is 5.91 Å². The van der Waals surface area contributed by atoms with E-state index in [2.05, 4.69) is 4.90 Å². The fourth-order valence-corrected chi connectivity index (χ4v) is 6.88. The van der Waals surface area contributed by atoms with E-state index in [0.29, 0.717) is 30.6 Å². The van der Waals surface area contributed by atoms with Gasteiger partial charge in [0.2, 0.25) is 10.8 Å². The molecular weight excluding hydrogens is 462 g/mol. The second-order valence-electron chi connectivity index (χ2n) is 8.76. The average Bonchev–Trinajstić information content (AvgIpc) is 3.49. The van der Waals surface area contributed by atoms with E-state index in [-0.39, 0.29) is 17.6 Å². The number of carbonyl (C=O) groups excluding carboxylic acids is 2. The number of carbonyl (C=O) groups is 2. The van der Waals surface area contributed by atoms with Crippen LogP contribution in [0.5, 0.6) is 0 Å². The molecule has 3 saturated heterocycles. The molecule has 1 unspecified atom stereocenters. The van der Waals surface area contributed by atoms with E-state index in [0.717, 1.165) is 37.2 Å². The Balaban J connectivity index is 1.33. The van der Waals surface area contributed by atoms with Gasteiger partial charge in [0.1, 0.15) is 0 Å². The summed E-state index contributed by atoms with van der Waals surface area (Å²) in [5, 5.41) is 0.529. The lowest BCUT2D eigenvalue weighted by Crippen LogP contribution is -2.53. The van der Waals surface area contributed by atoms with Crippen LogP contribution in [-0.2, 0) is 23.9 Å². The number of ether oxygens (including phenoxy) is 2. The molecule has 0 aliphatic carbocycles. The number of fused-ring (bicyclic) bond motifs is 2. The number of nitrogens with zero attached hydrogens (tertiary/aromatic N) is 3. The van der Waals surface area contributed by atoms with Crippen molar-refractivity contribution in [1.82, 2.24) is 4.90 Å². The van der Waals surface area contributed by atoms with Crippen molar-refractivity contribution in [1.29, 1.82) is 0 Å². The lowest BCUT2D eigenvalue weighted by atomic mass is 10.0. The first-order valence-electron chi connectivity index (χ1n) is 11.2. The fraction of sp³-hybridized carbons (Fsp3) is 0.417. The van der Waals surface area contributed by atoms with E-state index in [9.17, 15) is 9.59 Å². The van der Waals surface area contributed by atoms with Gasteiger partial charge < -0.3 is 9.47 Å². The lowest BCUT2D eigenvalue weighted by Gasteiger charge is -2.39. The summed E-state index contributed by atoms with van der Waals surface area (Å²) in [6.07, 6.45) is 1.56. The molecular formula is C24H24ClN3O4S. The van der Waals surface area contributed by atoms with Crippen LogP contribution in [0.4, 0.5) is 11.4 Å². The van der Waals surface area contributed by atoms with Crippen molar-refractivity contribution < 1.29 is 19.1 Å². The summed E-state index contributed by atoms with van der Waals surface area (Å²) < 4.78 is 11.7. The minimum Gasteiger partial charge on any atom is -0.347 e. The van der Waals surface area contributed by atoms with Crippen LogP contribution in [0, 0.1) is 0 Å². The smallest absolute Gasteiger partial charge is 0.269 e. The van der Waals surface area contributed by atoms with Crippen LogP contribution >= 0.6 is 23.4 Å². The van der Waals surface area contributed by atoms with Crippen molar-refractivity contribution in [3.8, 4) is 0 Å². The Morgan fingerprint density at radius 3 is 2.52 bits per heavy atom. The molecule has 0 radical (unpaired) electrons. The number of benzene rings is 2. The quantitative estimate of drug-likeness (QED) is 0.664. The maximum atomic E-state index is 14.1. The van der Waals surface area contributed by atoms with Gasteiger partial charge in [-0.25, -0.2) is 0 Å². The molecule has 0 bridgehead atoms. The first-order valence-corrected chi connectivity index (χ1v) is 12.5. The van der Waals surface area contributed by atoms with Crippen molar-refractivity contribution in [3.05, 3.63) is 59.1 Å². The van der Waals surface area contributed by atoms with Crippen molar-refractivity contribution in [2.75, 3.05) is 48.5 Å². The van der Waals surface area contributed by atoms with Crippen LogP contribution in [0.25, 0.3) is 0 Å². The molecule has 172 valence electrons. The number of rotatable bonds is 3. The molecule has 4 heterocycles. The van der Waals surface area contributed by atoms with Gasteiger partial charge in [-0.2, -0.15) is 0 Å². The van der Waals surface area contributed by atoms with Crippen LogP contribution in [0.3, 0.4) is 0 Å². The monoisotopic (exact) mass is 485 g/mol. The highest BCUT2D eigenvalue weighted by Gasteiger charge is 2.61. The molecule has 4 aliphatic heterocycles. The molecule has 0 saturated carbocycles. The molecule has 3 fully saturated rings. The topological polar surface area (TPSA) is 62.3 Å². The number of thioether (sulfide) groups is 1. The summed E-state index contributed by atoms with van der Waals surface area (Å²) >= 11 is 7.63. The third-order valence-corrected chi connectivity index (χ3v) is 8.52. The summed E-state index contributed by atoms with van der Waals surface area (Å²) in [6, 6.07) is 15.0. The zero-order valence-corrected chi connectivity index (χ0v) is 19.6. The molecule has 9 heteroatoms. The van der Waals surface area contributed by atoms with Crippen molar-refractivity contribution >= 4 is 46.6 Å². The summed E-state index contributed by atoms with van der Waals surface area (Å²) in [5.74, 6) is -0.404. The second kappa shape index (κ2) is 7.99. The van der Waals surface area contributed by atoms with E-state index in [4.69, 9.17) is 21.1 Å². The number of hydrogen-bond donors (Lipinski definition) is 0. The van der Waals surface area contributed by atoms with Gasteiger partial charge >= 0.3 is 0 Å². The van der Waals surface area contributed by atoms with Gasteiger partial charge in [-0.05, 0) is 24.3 Å². The highest BCUT2D eigenvalue weighted by molar-refractivity contribution is 8.02. The van der Waals surface area contributed by atoms with E-state index in [1.54, 1.807) is 17.0 Å². The first kappa shape index (κ1) is 21.4. The van der Waals surface area contributed by atoms with Crippen LogP contribution in [0.15, 0.2) is 48.5 Å². The number of amides is 2. The Morgan fingerprint density at radius 2 is 1.76 bits per heavy atom. The molecule has 7 nitrogen and oxygen atoms in total. The summed E-state index contributed by atoms with van der Waals surface area (Å²) in [4.78, 5) is 31.8. The van der Waals surface area contributed by atoms with Gasteiger partial charge in [-0.3, -0.25) is 24.3 Å². The molecule has 2 amide bonds. The van der Waals surface area contributed by atoms with Gasteiger partial charge in [-0.1, -0.05) is 35.9 Å². The molecule has 2 aromatic carbocycles. The Morgan fingerprint density at radius 1 is 1.00 bits per heavy atom. The molecule has 2 spiro atoms. The maximum Gasteiger partial charge on any atom is 0.269 e. The van der Waals surface area contributed by atoms with Crippen molar-refractivity contribution in [3.63, 3.8) is 0 Å². The second-order valence-corrected chi connectivity index (χ2v) is 10.4. The number of para-hydroxylation sites is 1. The zero-order chi connectivity index (χ0) is 22.6. The van der Waals surface area contributed by atoms with Gasteiger partial charge in [-0.15, -0.1) is 11.8 Å². The summed E-state index contributed by atoms with van der Waals surface area (Å²) in [7, 11) is 0.